The van der Waals surface area contributed by atoms with Crippen LogP contribution in [-0.2, 0) is 0 Å². The third-order valence-electron chi connectivity index (χ3n) is 3.55. The molecule has 4 nitrogen and oxygen atoms in total. The third kappa shape index (κ3) is 2.81. The summed E-state index contributed by atoms with van der Waals surface area (Å²) in [7, 11) is 5.68. The molecule has 1 N–H and O–H groups in total. The van der Waals surface area contributed by atoms with Crippen molar-refractivity contribution in [2.24, 2.45) is 0 Å². The molecule has 22 heavy (non-hydrogen) atoms. The van der Waals surface area contributed by atoms with Gasteiger partial charge in [0.05, 0.1) is 7.11 Å². The summed E-state index contributed by atoms with van der Waals surface area (Å²) in [5, 5.41) is 5.72. The molecule has 0 aliphatic heterocycles. The van der Waals surface area contributed by atoms with Crippen LogP contribution >= 0.6 is 0 Å². The average Bonchev–Trinajstić information content (AvgIpc) is 2.54. The number of pyridine rings is 1. The van der Waals surface area contributed by atoms with E-state index in [9.17, 15) is 0 Å². The molecule has 112 valence electrons. The summed E-state index contributed by atoms with van der Waals surface area (Å²) in [5.41, 5.74) is 2.08. The zero-order valence-electron chi connectivity index (χ0n) is 13.0. The molecule has 4 heteroatoms. The molecule has 1 aromatic heterocycles. The van der Waals surface area contributed by atoms with Crippen molar-refractivity contribution < 1.29 is 4.74 Å². The molecule has 0 fully saturated rings. The summed E-state index contributed by atoms with van der Waals surface area (Å²) >= 11 is 0. The van der Waals surface area contributed by atoms with E-state index in [0.29, 0.717) is 0 Å². The Labute approximate surface area is 130 Å². The standard InChI is InChI=1S/C18H19N3O/c1-21(2)18-17-9-6-15(12-13(17)10-11-19-18)20-14-4-7-16(22-3)8-5-14/h4-12,20H,1-3H3. The van der Waals surface area contributed by atoms with E-state index in [1.54, 1.807) is 7.11 Å². The Bertz CT molecular complexity index is 782. The zero-order chi connectivity index (χ0) is 15.5. The van der Waals surface area contributed by atoms with Crippen LogP contribution in [0.3, 0.4) is 0 Å². The van der Waals surface area contributed by atoms with Gasteiger partial charge in [-0.05, 0) is 53.9 Å². The molecular weight excluding hydrogens is 274 g/mol. The summed E-state index contributed by atoms with van der Waals surface area (Å²) < 4.78 is 5.17. The largest absolute Gasteiger partial charge is 0.497 e. The van der Waals surface area contributed by atoms with Crippen LogP contribution in [0.2, 0.25) is 0 Å². The Morgan fingerprint density at radius 3 is 2.36 bits per heavy atom. The van der Waals surface area contributed by atoms with E-state index in [1.807, 2.05) is 55.5 Å². The van der Waals surface area contributed by atoms with E-state index < -0.39 is 0 Å². The van der Waals surface area contributed by atoms with E-state index >= 15 is 0 Å². The number of hydrogen-bond acceptors (Lipinski definition) is 4. The maximum absolute atomic E-state index is 5.17. The highest BCUT2D eigenvalue weighted by Crippen LogP contribution is 2.27. The number of ether oxygens (including phenoxy) is 1. The molecule has 0 aliphatic carbocycles. The van der Waals surface area contributed by atoms with Gasteiger partial charge >= 0.3 is 0 Å². The third-order valence-corrected chi connectivity index (χ3v) is 3.55. The Hall–Kier alpha value is -2.75. The van der Waals surface area contributed by atoms with Crippen LogP contribution < -0.4 is 15.0 Å². The minimum atomic E-state index is 0.853. The van der Waals surface area contributed by atoms with Crippen molar-refractivity contribution >= 4 is 28.0 Å². The second-order valence-corrected chi connectivity index (χ2v) is 5.32. The van der Waals surface area contributed by atoms with Gasteiger partial charge in [-0.25, -0.2) is 4.98 Å². The van der Waals surface area contributed by atoms with Gasteiger partial charge in [0.2, 0.25) is 0 Å². The van der Waals surface area contributed by atoms with Gasteiger partial charge in [0.1, 0.15) is 11.6 Å². The second kappa shape index (κ2) is 5.93. The smallest absolute Gasteiger partial charge is 0.135 e. The molecule has 3 aromatic rings. The monoisotopic (exact) mass is 293 g/mol. The number of aromatic nitrogens is 1. The summed E-state index contributed by atoms with van der Waals surface area (Å²) in [5.74, 6) is 1.83. The van der Waals surface area contributed by atoms with Crippen molar-refractivity contribution in [1.82, 2.24) is 4.98 Å². The van der Waals surface area contributed by atoms with E-state index in [4.69, 9.17) is 4.74 Å². The first kappa shape index (κ1) is 14.2. The summed E-state index contributed by atoms with van der Waals surface area (Å²) in [6.07, 6.45) is 1.84. The minimum Gasteiger partial charge on any atom is -0.497 e. The molecule has 1 heterocycles. The van der Waals surface area contributed by atoms with Gasteiger partial charge in [0, 0.05) is 37.1 Å². The van der Waals surface area contributed by atoms with E-state index in [0.717, 1.165) is 33.7 Å². The molecule has 0 atom stereocenters. The van der Waals surface area contributed by atoms with Crippen LogP contribution in [0.25, 0.3) is 10.8 Å². The molecule has 2 aromatic carbocycles. The lowest BCUT2D eigenvalue weighted by atomic mass is 10.1. The van der Waals surface area contributed by atoms with Crippen LogP contribution in [0.1, 0.15) is 0 Å². The molecule has 3 rings (SSSR count). The number of methoxy groups -OCH3 is 1. The first-order valence-electron chi connectivity index (χ1n) is 7.14. The molecule has 0 spiro atoms. The zero-order valence-corrected chi connectivity index (χ0v) is 13.0. The summed E-state index contributed by atoms with van der Waals surface area (Å²) in [6.45, 7) is 0. The number of rotatable bonds is 4. The molecule has 0 bridgehead atoms. The quantitative estimate of drug-likeness (QED) is 0.787. The lowest BCUT2D eigenvalue weighted by Gasteiger charge is -2.15. The summed E-state index contributed by atoms with van der Waals surface area (Å²) in [6, 6.07) is 16.2. The van der Waals surface area contributed by atoms with E-state index in [2.05, 4.69) is 28.5 Å². The molecule has 0 radical (unpaired) electrons. The number of nitrogens with zero attached hydrogens (tertiary/aromatic N) is 2. The fraction of sp³-hybridized carbons (Fsp3) is 0.167. The van der Waals surface area contributed by atoms with Crippen molar-refractivity contribution in [1.29, 1.82) is 0 Å². The van der Waals surface area contributed by atoms with Gasteiger partial charge in [0.15, 0.2) is 0 Å². The second-order valence-electron chi connectivity index (χ2n) is 5.32. The van der Waals surface area contributed by atoms with Gasteiger partial charge in [-0.15, -0.1) is 0 Å². The van der Waals surface area contributed by atoms with Crippen LogP contribution in [0.4, 0.5) is 17.2 Å². The fourth-order valence-electron chi connectivity index (χ4n) is 2.44. The molecule has 0 saturated heterocycles. The Morgan fingerprint density at radius 2 is 1.68 bits per heavy atom. The van der Waals surface area contributed by atoms with Gasteiger partial charge in [-0.2, -0.15) is 0 Å². The lowest BCUT2D eigenvalue weighted by Crippen LogP contribution is -2.10. The van der Waals surface area contributed by atoms with Gasteiger partial charge in [-0.3, -0.25) is 0 Å². The minimum absolute atomic E-state index is 0.853. The highest BCUT2D eigenvalue weighted by atomic mass is 16.5. The van der Waals surface area contributed by atoms with Crippen LogP contribution in [0.15, 0.2) is 54.7 Å². The SMILES string of the molecule is COc1ccc(Nc2ccc3c(N(C)C)nccc3c2)cc1. The lowest BCUT2D eigenvalue weighted by molar-refractivity contribution is 0.415. The van der Waals surface area contributed by atoms with E-state index in [-0.39, 0.29) is 0 Å². The van der Waals surface area contributed by atoms with Gasteiger partial charge in [0.25, 0.3) is 0 Å². The maximum atomic E-state index is 5.17. The van der Waals surface area contributed by atoms with Gasteiger partial charge < -0.3 is 15.0 Å². The normalized spacial score (nSPS) is 10.5. The first-order valence-corrected chi connectivity index (χ1v) is 7.14. The molecule has 0 aliphatic rings. The van der Waals surface area contributed by atoms with Crippen molar-refractivity contribution in [3.05, 3.63) is 54.7 Å². The number of anilines is 3. The van der Waals surface area contributed by atoms with Gasteiger partial charge in [-0.1, -0.05) is 0 Å². The fourth-order valence-corrected chi connectivity index (χ4v) is 2.44. The number of fused-ring (bicyclic) bond motifs is 1. The first-order chi connectivity index (χ1) is 10.7. The Balaban J connectivity index is 1.91. The Kier molecular flexibility index (Phi) is 3.83. The van der Waals surface area contributed by atoms with Crippen molar-refractivity contribution in [3.63, 3.8) is 0 Å². The molecular formula is C18H19N3O. The van der Waals surface area contributed by atoms with Crippen LogP contribution in [0.5, 0.6) is 5.75 Å². The number of benzene rings is 2. The van der Waals surface area contributed by atoms with Crippen LogP contribution in [0, 0.1) is 0 Å². The predicted octanol–water partition coefficient (Wildman–Crippen LogP) is 4.05. The molecule has 0 saturated carbocycles. The van der Waals surface area contributed by atoms with Crippen molar-refractivity contribution in [2.45, 2.75) is 0 Å². The number of nitrogens with one attached hydrogen (secondary N) is 1. The van der Waals surface area contributed by atoms with E-state index in [1.165, 1.54) is 0 Å². The highest BCUT2D eigenvalue weighted by molar-refractivity contribution is 5.94. The highest BCUT2D eigenvalue weighted by Gasteiger charge is 2.05. The average molecular weight is 293 g/mol. The molecule has 0 unspecified atom stereocenters. The summed E-state index contributed by atoms with van der Waals surface area (Å²) in [4.78, 5) is 6.46. The molecule has 0 amide bonds. The topological polar surface area (TPSA) is 37.4 Å². The van der Waals surface area contributed by atoms with Crippen molar-refractivity contribution in [2.75, 3.05) is 31.4 Å². The Morgan fingerprint density at radius 1 is 0.955 bits per heavy atom. The van der Waals surface area contributed by atoms with Crippen molar-refractivity contribution in [3.8, 4) is 5.75 Å². The maximum Gasteiger partial charge on any atom is 0.135 e. The van der Waals surface area contributed by atoms with Crippen LogP contribution in [-0.4, -0.2) is 26.2 Å². The predicted molar refractivity (Wildman–Crippen MR) is 92.3 cm³/mol. The number of hydrogen-bond donors (Lipinski definition) is 1.